The van der Waals surface area contributed by atoms with Gasteiger partial charge in [-0.3, -0.25) is 9.78 Å². The van der Waals surface area contributed by atoms with E-state index in [0.717, 1.165) is 0 Å². The quantitative estimate of drug-likeness (QED) is 0.799. The van der Waals surface area contributed by atoms with Crippen molar-refractivity contribution in [1.82, 2.24) is 9.97 Å². The van der Waals surface area contributed by atoms with E-state index < -0.39 is 11.7 Å². The molecule has 1 heterocycles. The van der Waals surface area contributed by atoms with Crippen LogP contribution in [0.1, 0.15) is 10.4 Å². The fourth-order valence-corrected chi connectivity index (χ4v) is 1.91. The Morgan fingerprint density at radius 3 is 2.52 bits per heavy atom. The fraction of sp³-hybridized carbons (Fsp3) is 0. The highest BCUT2D eigenvalue weighted by molar-refractivity contribution is 6.04. The Balaban J connectivity index is 1.68. The van der Waals surface area contributed by atoms with Gasteiger partial charge in [0.05, 0.1) is 11.8 Å². The molecular weight excluding hydrogens is 297 g/mol. The summed E-state index contributed by atoms with van der Waals surface area (Å²) < 4.78 is 19.1. The lowest BCUT2D eigenvalue weighted by atomic mass is 10.2. The van der Waals surface area contributed by atoms with Gasteiger partial charge in [0.15, 0.2) is 0 Å². The molecule has 2 aromatic carbocycles. The molecule has 0 aliphatic carbocycles. The van der Waals surface area contributed by atoms with Crippen LogP contribution in [0.15, 0.2) is 67.1 Å². The van der Waals surface area contributed by atoms with Crippen LogP contribution in [0, 0.1) is 5.82 Å². The van der Waals surface area contributed by atoms with Crippen LogP contribution in [-0.2, 0) is 0 Å². The number of carbonyl (C=O) groups is 1. The van der Waals surface area contributed by atoms with Crippen molar-refractivity contribution in [2.45, 2.75) is 0 Å². The molecule has 0 spiro atoms. The molecule has 0 aliphatic rings. The zero-order chi connectivity index (χ0) is 16.1. The minimum Gasteiger partial charge on any atom is -0.438 e. The molecule has 3 aromatic rings. The predicted octanol–water partition coefficient (Wildman–Crippen LogP) is 3.66. The number of nitrogens with one attached hydrogen (secondary N) is 1. The summed E-state index contributed by atoms with van der Waals surface area (Å²) in [6, 6.07) is 12.5. The second-order valence-corrected chi connectivity index (χ2v) is 4.60. The van der Waals surface area contributed by atoms with E-state index in [1.165, 1.54) is 30.6 Å². The van der Waals surface area contributed by atoms with Gasteiger partial charge in [0.2, 0.25) is 5.88 Å². The maximum absolute atomic E-state index is 13.6. The lowest BCUT2D eigenvalue weighted by molar-refractivity contribution is 0.102. The van der Waals surface area contributed by atoms with Crippen molar-refractivity contribution in [3.05, 3.63) is 78.5 Å². The Morgan fingerprint density at radius 2 is 1.83 bits per heavy atom. The van der Waals surface area contributed by atoms with Gasteiger partial charge in [-0.2, -0.15) is 0 Å². The normalized spacial score (nSPS) is 10.1. The van der Waals surface area contributed by atoms with Crippen molar-refractivity contribution in [1.29, 1.82) is 0 Å². The van der Waals surface area contributed by atoms with Crippen LogP contribution in [0.2, 0.25) is 0 Å². The van der Waals surface area contributed by atoms with Gasteiger partial charge in [-0.15, -0.1) is 0 Å². The van der Waals surface area contributed by atoms with Crippen molar-refractivity contribution in [2.75, 3.05) is 5.32 Å². The summed E-state index contributed by atoms with van der Waals surface area (Å²) in [5, 5.41) is 2.63. The number of aromatic nitrogens is 2. The Bertz CT molecular complexity index is 808. The predicted molar refractivity (Wildman–Crippen MR) is 82.9 cm³/mol. The largest absolute Gasteiger partial charge is 0.438 e. The average Bonchev–Trinajstić information content (AvgIpc) is 2.58. The topological polar surface area (TPSA) is 64.1 Å². The van der Waals surface area contributed by atoms with E-state index in [2.05, 4.69) is 15.3 Å². The van der Waals surface area contributed by atoms with Gasteiger partial charge in [-0.25, -0.2) is 9.37 Å². The molecule has 0 saturated carbocycles. The van der Waals surface area contributed by atoms with Crippen LogP contribution in [0.25, 0.3) is 0 Å². The van der Waals surface area contributed by atoms with E-state index in [1.807, 2.05) is 0 Å². The molecule has 0 fully saturated rings. The van der Waals surface area contributed by atoms with Crippen molar-refractivity contribution in [3.63, 3.8) is 0 Å². The number of nitrogens with zero attached hydrogens (tertiary/aromatic N) is 2. The highest BCUT2D eigenvalue weighted by Crippen LogP contribution is 2.21. The number of halogens is 1. The third-order valence-corrected chi connectivity index (χ3v) is 2.99. The molecule has 0 bridgehead atoms. The minimum atomic E-state index is -0.562. The Labute approximate surface area is 131 Å². The molecule has 3 rings (SSSR count). The SMILES string of the molecule is O=C(Nc1ccc(Oc2cnccn2)cc1)c1ccccc1F. The zero-order valence-electron chi connectivity index (χ0n) is 11.9. The molecule has 0 aliphatic heterocycles. The van der Waals surface area contributed by atoms with Gasteiger partial charge in [0.1, 0.15) is 11.6 Å². The van der Waals surface area contributed by atoms with Gasteiger partial charge in [-0.1, -0.05) is 12.1 Å². The third-order valence-electron chi connectivity index (χ3n) is 2.99. The number of carbonyl (C=O) groups excluding carboxylic acids is 1. The molecule has 5 nitrogen and oxygen atoms in total. The first-order chi connectivity index (χ1) is 11.2. The second-order valence-electron chi connectivity index (χ2n) is 4.60. The molecular formula is C17H12FN3O2. The van der Waals surface area contributed by atoms with Crippen molar-refractivity contribution < 1.29 is 13.9 Å². The lowest BCUT2D eigenvalue weighted by Crippen LogP contribution is -2.13. The number of hydrogen-bond donors (Lipinski definition) is 1. The maximum Gasteiger partial charge on any atom is 0.258 e. The monoisotopic (exact) mass is 309 g/mol. The van der Waals surface area contributed by atoms with Gasteiger partial charge < -0.3 is 10.1 Å². The molecule has 1 N–H and O–H groups in total. The maximum atomic E-state index is 13.6. The van der Waals surface area contributed by atoms with Gasteiger partial charge in [-0.05, 0) is 36.4 Å². The van der Waals surface area contributed by atoms with Crippen LogP contribution < -0.4 is 10.1 Å². The molecule has 23 heavy (non-hydrogen) atoms. The van der Waals surface area contributed by atoms with E-state index >= 15 is 0 Å². The van der Waals surface area contributed by atoms with E-state index in [9.17, 15) is 9.18 Å². The Kier molecular flexibility index (Phi) is 4.24. The molecule has 6 heteroatoms. The minimum absolute atomic E-state index is 0.00705. The summed E-state index contributed by atoms with van der Waals surface area (Å²) in [6.07, 6.45) is 4.57. The lowest BCUT2D eigenvalue weighted by Gasteiger charge is -2.08. The van der Waals surface area contributed by atoms with Crippen LogP contribution in [0.3, 0.4) is 0 Å². The average molecular weight is 309 g/mol. The summed E-state index contributed by atoms with van der Waals surface area (Å²) >= 11 is 0. The molecule has 1 amide bonds. The highest BCUT2D eigenvalue weighted by Gasteiger charge is 2.10. The number of benzene rings is 2. The molecule has 0 unspecified atom stereocenters. The van der Waals surface area contributed by atoms with E-state index in [4.69, 9.17) is 4.74 Å². The Hall–Kier alpha value is -3.28. The molecule has 0 radical (unpaired) electrons. The van der Waals surface area contributed by atoms with Gasteiger partial charge >= 0.3 is 0 Å². The smallest absolute Gasteiger partial charge is 0.258 e. The number of hydrogen-bond acceptors (Lipinski definition) is 4. The highest BCUT2D eigenvalue weighted by atomic mass is 19.1. The first-order valence-corrected chi connectivity index (χ1v) is 6.82. The molecule has 114 valence electrons. The summed E-state index contributed by atoms with van der Waals surface area (Å²) in [6.45, 7) is 0. The van der Waals surface area contributed by atoms with Crippen LogP contribution in [0.4, 0.5) is 10.1 Å². The van der Waals surface area contributed by atoms with Crippen LogP contribution in [-0.4, -0.2) is 15.9 Å². The van der Waals surface area contributed by atoms with Crippen molar-refractivity contribution in [2.24, 2.45) is 0 Å². The number of amides is 1. The second kappa shape index (κ2) is 6.65. The fourth-order valence-electron chi connectivity index (χ4n) is 1.91. The Morgan fingerprint density at radius 1 is 1.04 bits per heavy atom. The summed E-state index contributed by atoms with van der Waals surface area (Å²) in [4.78, 5) is 19.9. The van der Waals surface area contributed by atoms with Gasteiger partial charge in [0, 0.05) is 18.1 Å². The van der Waals surface area contributed by atoms with Gasteiger partial charge in [0.25, 0.3) is 5.91 Å². The van der Waals surface area contributed by atoms with Crippen LogP contribution >= 0.6 is 0 Å². The molecule has 0 atom stereocenters. The third kappa shape index (κ3) is 3.68. The van der Waals surface area contributed by atoms with E-state index in [1.54, 1.807) is 36.5 Å². The number of anilines is 1. The van der Waals surface area contributed by atoms with Crippen LogP contribution in [0.5, 0.6) is 11.6 Å². The summed E-state index contributed by atoms with van der Waals surface area (Å²) in [5.74, 6) is -0.150. The number of ether oxygens (including phenoxy) is 1. The van der Waals surface area contributed by atoms with E-state index in [-0.39, 0.29) is 5.56 Å². The summed E-state index contributed by atoms with van der Waals surface area (Å²) in [7, 11) is 0. The zero-order valence-corrected chi connectivity index (χ0v) is 11.9. The first kappa shape index (κ1) is 14.6. The first-order valence-electron chi connectivity index (χ1n) is 6.82. The molecule has 1 aromatic heterocycles. The van der Waals surface area contributed by atoms with E-state index in [0.29, 0.717) is 17.3 Å². The standard InChI is InChI=1S/C17H12FN3O2/c18-15-4-2-1-3-14(15)17(22)21-12-5-7-13(8-6-12)23-16-11-19-9-10-20-16/h1-11H,(H,21,22). The number of rotatable bonds is 4. The summed E-state index contributed by atoms with van der Waals surface area (Å²) in [5.41, 5.74) is 0.525. The molecule has 0 saturated heterocycles. The van der Waals surface area contributed by atoms with Crippen molar-refractivity contribution >= 4 is 11.6 Å². The van der Waals surface area contributed by atoms with Crippen molar-refractivity contribution in [3.8, 4) is 11.6 Å².